The fourth-order valence-corrected chi connectivity index (χ4v) is 3.85. The first-order valence-electron chi connectivity index (χ1n) is 5.73. The first-order chi connectivity index (χ1) is 8.95. The molecule has 6 nitrogen and oxygen atoms in total. The van der Waals surface area contributed by atoms with Crippen LogP contribution in [-0.2, 0) is 14.8 Å². The van der Waals surface area contributed by atoms with E-state index in [9.17, 15) is 8.42 Å². The van der Waals surface area contributed by atoms with Gasteiger partial charge >= 0.3 is 0 Å². The second-order valence-electron chi connectivity index (χ2n) is 4.22. The lowest BCUT2D eigenvalue weighted by Crippen LogP contribution is -2.46. The van der Waals surface area contributed by atoms with Crippen LogP contribution in [0, 0.1) is 0 Å². The summed E-state index contributed by atoms with van der Waals surface area (Å²) in [5.41, 5.74) is 5.96. The Labute approximate surface area is 120 Å². The maximum atomic E-state index is 12.5. The molecule has 1 unspecified atom stereocenters. The molecule has 3 N–H and O–H groups in total. The van der Waals surface area contributed by atoms with Gasteiger partial charge in [0, 0.05) is 17.6 Å². The number of aliphatic hydroxyl groups is 1. The monoisotopic (exact) mass is 350 g/mol. The van der Waals surface area contributed by atoms with Crippen molar-refractivity contribution in [2.75, 3.05) is 32.0 Å². The molecule has 1 fully saturated rings. The average Bonchev–Trinajstić information content (AvgIpc) is 2.38. The highest BCUT2D eigenvalue weighted by Gasteiger charge is 2.31. The van der Waals surface area contributed by atoms with E-state index in [-0.39, 0.29) is 36.9 Å². The molecule has 0 saturated carbocycles. The van der Waals surface area contributed by atoms with Gasteiger partial charge < -0.3 is 15.6 Å². The summed E-state index contributed by atoms with van der Waals surface area (Å²) >= 11 is 3.24. The molecule has 0 aromatic heterocycles. The van der Waals surface area contributed by atoms with Crippen molar-refractivity contribution >= 4 is 31.6 Å². The van der Waals surface area contributed by atoms with Crippen LogP contribution in [0.25, 0.3) is 0 Å². The predicted octanol–water partition coefficient (Wildman–Crippen LogP) is 0.413. The molecule has 1 saturated heterocycles. The Hall–Kier alpha value is -0.670. The Morgan fingerprint density at radius 1 is 1.53 bits per heavy atom. The van der Waals surface area contributed by atoms with E-state index in [4.69, 9.17) is 15.6 Å². The molecular formula is C11H15BrN2O4S. The van der Waals surface area contributed by atoms with Gasteiger partial charge in [-0.3, -0.25) is 0 Å². The van der Waals surface area contributed by atoms with E-state index in [2.05, 4.69) is 15.9 Å². The highest BCUT2D eigenvalue weighted by Crippen LogP contribution is 2.26. The normalized spacial score (nSPS) is 21.5. The zero-order valence-corrected chi connectivity index (χ0v) is 12.5. The first kappa shape index (κ1) is 14.7. The van der Waals surface area contributed by atoms with Crippen LogP contribution in [0.4, 0.5) is 5.69 Å². The van der Waals surface area contributed by atoms with E-state index in [1.54, 1.807) is 12.1 Å². The predicted molar refractivity (Wildman–Crippen MR) is 74.1 cm³/mol. The van der Waals surface area contributed by atoms with Crippen molar-refractivity contribution in [3.63, 3.8) is 0 Å². The molecule has 0 spiro atoms. The molecule has 8 heteroatoms. The van der Waals surface area contributed by atoms with E-state index in [1.807, 2.05) is 0 Å². The molecule has 1 heterocycles. The van der Waals surface area contributed by atoms with E-state index in [0.29, 0.717) is 0 Å². The zero-order chi connectivity index (χ0) is 14.0. The Morgan fingerprint density at radius 2 is 2.26 bits per heavy atom. The third-order valence-electron chi connectivity index (χ3n) is 2.89. The van der Waals surface area contributed by atoms with Gasteiger partial charge in [0.25, 0.3) is 0 Å². The summed E-state index contributed by atoms with van der Waals surface area (Å²) in [7, 11) is -3.66. The molecule has 0 amide bonds. The Bertz CT molecular complexity index is 564. The van der Waals surface area contributed by atoms with Gasteiger partial charge in [-0.25, -0.2) is 8.42 Å². The highest BCUT2D eigenvalue weighted by atomic mass is 79.9. The van der Waals surface area contributed by atoms with E-state index >= 15 is 0 Å². The maximum absolute atomic E-state index is 12.5. The molecule has 1 aromatic rings. The summed E-state index contributed by atoms with van der Waals surface area (Å²) < 4.78 is 32.2. The van der Waals surface area contributed by atoms with Crippen LogP contribution >= 0.6 is 15.9 Å². The minimum absolute atomic E-state index is 0.0780. The molecule has 106 valence electrons. The van der Waals surface area contributed by atoms with Crippen molar-refractivity contribution in [3.8, 4) is 0 Å². The third-order valence-corrected chi connectivity index (χ3v) is 5.33. The molecule has 1 aromatic carbocycles. The van der Waals surface area contributed by atoms with Crippen LogP contribution in [0.5, 0.6) is 0 Å². The lowest BCUT2D eigenvalue weighted by molar-refractivity contribution is -0.0304. The molecule has 1 aliphatic rings. The summed E-state index contributed by atoms with van der Waals surface area (Å²) in [5, 5.41) is 9.06. The SMILES string of the molecule is Nc1cc(Br)ccc1S(=O)(=O)N1CCOC(CO)C1. The number of anilines is 1. The van der Waals surface area contributed by atoms with E-state index < -0.39 is 16.1 Å². The summed E-state index contributed by atoms with van der Waals surface area (Å²) in [5.74, 6) is 0. The summed E-state index contributed by atoms with van der Waals surface area (Å²) in [6.45, 7) is 0.450. The van der Waals surface area contributed by atoms with Gasteiger partial charge in [-0.05, 0) is 18.2 Å². The smallest absolute Gasteiger partial charge is 0.245 e. The maximum Gasteiger partial charge on any atom is 0.245 e. The van der Waals surface area contributed by atoms with Gasteiger partial charge in [0.05, 0.1) is 25.0 Å². The summed E-state index contributed by atoms with van der Waals surface area (Å²) in [4.78, 5) is 0.0780. The number of aliphatic hydroxyl groups excluding tert-OH is 1. The van der Waals surface area contributed by atoms with Gasteiger partial charge in [0.1, 0.15) is 4.90 Å². The number of ether oxygens (including phenoxy) is 1. The number of benzene rings is 1. The molecule has 0 bridgehead atoms. The molecule has 0 aliphatic carbocycles. The van der Waals surface area contributed by atoms with Gasteiger partial charge in [-0.2, -0.15) is 4.31 Å². The second-order valence-corrected chi connectivity index (χ2v) is 7.04. The second kappa shape index (κ2) is 5.76. The number of halogens is 1. The number of hydrogen-bond donors (Lipinski definition) is 2. The van der Waals surface area contributed by atoms with Crippen molar-refractivity contribution in [2.45, 2.75) is 11.0 Å². The number of nitrogen functional groups attached to an aromatic ring is 1. The minimum Gasteiger partial charge on any atom is -0.398 e. The van der Waals surface area contributed by atoms with Crippen LogP contribution in [0.15, 0.2) is 27.6 Å². The van der Waals surface area contributed by atoms with Crippen molar-refractivity contribution in [3.05, 3.63) is 22.7 Å². The number of nitrogens with zero attached hydrogens (tertiary/aromatic N) is 1. The van der Waals surface area contributed by atoms with Crippen LogP contribution in [0.3, 0.4) is 0 Å². The summed E-state index contributed by atoms with van der Waals surface area (Å²) in [6, 6.07) is 4.65. The molecule has 1 atom stereocenters. The van der Waals surface area contributed by atoms with Crippen molar-refractivity contribution in [2.24, 2.45) is 0 Å². The number of rotatable bonds is 3. The number of nitrogens with two attached hydrogens (primary N) is 1. The topological polar surface area (TPSA) is 92.9 Å². The molecular weight excluding hydrogens is 336 g/mol. The third kappa shape index (κ3) is 3.09. The van der Waals surface area contributed by atoms with Gasteiger partial charge in [-0.15, -0.1) is 0 Å². The van der Waals surface area contributed by atoms with Crippen LogP contribution in [-0.4, -0.2) is 50.2 Å². The average molecular weight is 351 g/mol. The fourth-order valence-electron chi connectivity index (χ4n) is 1.91. The molecule has 19 heavy (non-hydrogen) atoms. The molecule has 2 rings (SSSR count). The van der Waals surface area contributed by atoms with Gasteiger partial charge in [0.15, 0.2) is 0 Å². The minimum atomic E-state index is -3.66. The standard InChI is InChI=1S/C11H15BrN2O4S/c12-8-1-2-11(10(13)5-8)19(16,17)14-3-4-18-9(6-14)7-15/h1-2,5,9,15H,3-4,6-7,13H2. The number of sulfonamides is 1. The zero-order valence-electron chi connectivity index (χ0n) is 10.1. The van der Waals surface area contributed by atoms with Crippen LogP contribution in [0.2, 0.25) is 0 Å². The van der Waals surface area contributed by atoms with E-state index in [0.717, 1.165) is 4.47 Å². The van der Waals surface area contributed by atoms with Crippen molar-refractivity contribution in [1.29, 1.82) is 0 Å². The van der Waals surface area contributed by atoms with Crippen molar-refractivity contribution < 1.29 is 18.3 Å². The Kier molecular flexibility index (Phi) is 4.46. The van der Waals surface area contributed by atoms with E-state index in [1.165, 1.54) is 10.4 Å². The molecule has 0 radical (unpaired) electrons. The lowest BCUT2D eigenvalue weighted by Gasteiger charge is -2.31. The number of hydrogen-bond acceptors (Lipinski definition) is 5. The van der Waals surface area contributed by atoms with Gasteiger partial charge in [0.2, 0.25) is 10.0 Å². The van der Waals surface area contributed by atoms with Crippen LogP contribution in [0.1, 0.15) is 0 Å². The van der Waals surface area contributed by atoms with Crippen molar-refractivity contribution in [1.82, 2.24) is 4.31 Å². The molecule has 1 aliphatic heterocycles. The quantitative estimate of drug-likeness (QED) is 0.770. The largest absolute Gasteiger partial charge is 0.398 e. The fraction of sp³-hybridized carbons (Fsp3) is 0.455. The van der Waals surface area contributed by atoms with Gasteiger partial charge in [-0.1, -0.05) is 15.9 Å². The van der Waals surface area contributed by atoms with Crippen LogP contribution < -0.4 is 5.73 Å². The highest BCUT2D eigenvalue weighted by molar-refractivity contribution is 9.10. The Balaban J connectivity index is 2.31. The summed E-state index contributed by atoms with van der Waals surface area (Å²) in [6.07, 6.45) is -0.486. The number of morpholine rings is 1. The first-order valence-corrected chi connectivity index (χ1v) is 7.96. The Morgan fingerprint density at radius 3 is 2.89 bits per heavy atom. The lowest BCUT2D eigenvalue weighted by atomic mass is 10.3.